The van der Waals surface area contributed by atoms with Gasteiger partial charge in [0, 0.05) is 13.1 Å². The van der Waals surface area contributed by atoms with Crippen molar-refractivity contribution in [3.8, 4) is 5.75 Å². The number of carbonyl (C=O) groups is 2. The monoisotopic (exact) mass is 479 g/mol. The summed E-state index contributed by atoms with van der Waals surface area (Å²) < 4.78 is 50.9. The van der Waals surface area contributed by atoms with Crippen LogP contribution in [-0.4, -0.2) is 64.1 Å². The molecule has 1 unspecified atom stereocenters. The van der Waals surface area contributed by atoms with E-state index >= 15 is 0 Å². The number of methoxy groups -OCH3 is 1. The number of hydrogen-bond donors (Lipinski definition) is 2. The third-order valence-corrected chi connectivity index (χ3v) is 6.99. The zero-order chi connectivity index (χ0) is 23.8. The average Bonchev–Trinajstić information content (AvgIpc) is 2.83. The van der Waals surface area contributed by atoms with E-state index < -0.39 is 33.9 Å². The molecule has 178 valence electrons. The van der Waals surface area contributed by atoms with E-state index in [4.69, 9.17) is 9.47 Å². The van der Waals surface area contributed by atoms with Crippen LogP contribution in [0.3, 0.4) is 0 Å². The van der Waals surface area contributed by atoms with E-state index in [9.17, 15) is 22.4 Å². The van der Waals surface area contributed by atoms with Crippen molar-refractivity contribution in [2.75, 3.05) is 33.4 Å². The van der Waals surface area contributed by atoms with Gasteiger partial charge < -0.3 is 20.1 Å². The van der Waals surface area contributed by atoms with Gasteiger partial charge in [-0.15, -0.1) is 0 Å². The van der Waals surface area contributed by atoms with Crippen molar-refractivity contribution in [3.63, 3.8) is 0 Å². The van der Waals surface area contributed by atoms with Crippen molar-refractivity contribution >= 4 is 21.8 Å². The Labute approximate surface area is 191 Å². The lowest BCUT2D eigenvalue weighted by Gasteiger charge is -2.34. The molecule has 2 amide bonds. The Morgan fingerprint density at radius 2 is 1.82 bits per heavy atom. The lowest BCUT2D eigenvalue weighted by Crippen LogP contribution is -2.53. The van der Waals surface area contributed by atoms with E-state index in [0.29, 0.717) is 25.2 Å². The fourth-order valence-corrected chi connectivity index (χ4v) is 4.97. The largest absolute Gasteiger partial charge is 0.496 e. The fourth-order valence-electron chi connectivity index (χ4n) is 3.41. The zero-order valence-electron chi connectivity index (χ0n) is 18.1. The first-order valence-corrected chi connectivity index (χ1v) is 11.8. The molecule has 0 spiro atoms. The molecule has 0 saturated carbocycles. The maximum atomic E-state index is 13.2. The molecule has 9 nitrogen and oxygen atoms in total. The molecule has 1 saturated heterocycles. The zero-order valence-corrected chi connectivity index (χ0v) is 18.9. The highest BCUT2D eigenvalue weighted by atomic mass is 32.2. The summed E-state index contributed by atoms with van der Waals surface area (Å²) in [6, 6.07) is 11.8. The first-order chi connectivity index (χ1) is 15.8. The van der Waals surface area contributed by atoms with Gasteiger partial charge >= 0.3 is 11.8 Å². The maximum Gasteiger partial charge on any atom is 0.309 e. The smallest absolute Gasteiger partial charge is 0.309 e. The maximum absolute atomic E-state index is 13.2. The number of rotatable bonds is 8. The Hall–Kier alpha value is -3.02. The molecule has 0 bridgehead atoms. The van der Waals surface area contributed by atoms with Crippen LogP contribution in [0.25, 0.3) is 0 Å². The van der Waals surface area contributed by atoms with Crippen molar-refractivity contribution in [1.82, 2.24) is 14.9 Å². The second-order valence-corrected chi connectivity index (χ2v) is 9.17. The van der Waals surface area contributed by atoms with E-state index in [1.54, 1.807) is 13.2 Å². The number of para-hydroxylation sites is 1. The highest BCUT2D eigenvalue weighted by molar-refractivity contribution is 7.89. The van der Waals surface area contributed by atoms with E-state index in [2.05, 4.69) is 10.6 Å². The number of amides is 2. The van der Waals surface area contributed by atoms with Crippen molar-refractivity contribution in [2.24, 2.45) is 0 Å². The Bertz CT molecular complexity index is 1080. The van der Waals surface area contributed by atoms with Crippen molar-refractivity contribution in [1.29, 1.82) is 0 Å². The predicted octanol–water partition coefficient (Wildman–Crippen LogP) is 1.05. The van der Waals surface area contributed by atoms with Gasteiger partial charge in [0.1, 0.15) is 17.8 Å². The lowest BCUT2D eigenvalue weighted by atomic mass is 10.1. The Balaban J connectivity index is 1.54. The summed E-state index contributed by atoms with van der Waals surface area (Å²) in [5.41, 5.74) is 0.887. The van der Waals surface area contributed by atoms with Crippen molar-refractivity contribution in [3.05, 3.63) is 59.9 Å². The molecule has 1 heterocycles. The van der Waals surface area contributed by atoms with Crippen LogP contribution in [0.2, 0.25) is 0 Å². The van der Waals surface area contributed by atoms with Gasteiger partial charge in [-0.1, -0.05) is 18.2 Å². The number of nitrogens with zero attached hydrogens (tertiary/aromatic N) is 1. The summed E-state index contributed by atoms with van der Waals surface area (Å²) in [4.78, 5) is 24.2. The number of benzene rings is 2. The van der Waals surface area contributed by atoms with E-state index in [-0.39, 0.29) is 24.5 Å². The summed E-state index contributed by atoms with van der Waals surface area (Å²) in [5, 5.41) is 4.95. The summed E-state index contributed by atoms with van der Waals surface area (Å²) in [5.74, 6) is -1.60. The molecule has 11 heteroatoms. The first-order valence-electron chi connectivity index (χ1n) is 10.4. The summed E-state index contributed by atoms with van der Waals surface area (Å²) in [6.07, 6.45) is -0.0496. The molecule has 0 radical (unpaired) electrons. The molecule has 1 aliphatic heterocycles. The van der Waals surface area contributed by atoms with Gasteiger partial charge in [0.25, 0.3) is 0 Å². The standard InChI is InChI=1S/C22H26FN3O6S/c1-31-19-6-3-2-5-16(19)11-12-24-21(27)22(28)25-15-20-26(13-4-14-32-20)33(29,30)18-9-7-17(23)8-10-18/h2-3,5-10,20H,4,11-15H2,1H3,(H,24,27)(H,25,28). The summed E-state index contributed by atoms with van der Waals surface area (Å²) in [7, 11) is -2.42. The van der Waals surface area contributed by atoms with Gasteiger partial charge in [0.2, 0.25) is 10.0 Å². The topological polar surface area (TPSA) is 114 Å². The fraction of sp³-hybridized carbons (Fsp3) is 0.364. The van der Waals surface area contributed by atoms with Crippen LogP contribution in [0.4, 0.5) is 4.39 Å². The number of halogens is 1. The van der Waals surface area contributed by atoms with Crippen LogP contribution >= 0.6 is 0 Å². The third kappa shape index (κ3) is 6.28. The van der Waals surface area contributed by atoms with Crippen LogP contribution in [0.15, 0.2) is 53.4 Å². The number of carbonyl (C=O) groups excluding carboxylic acids is 2. The molecule has 2 aromatic carbocycles. The Morgan fingerprint density at radius 1 is 1.12 bits per heavy atom. The van der Waals surface area contributed by atoms with Crippen LogP contribution in [0.5, 0.6) is 5.75 Å². The highest BCUT2D eigenvalue weighted by Crippen LogP contribution is 2.22. The number of sulfonamides is 1. The van der Waals surface area contributed by atoms with Crippen LogP contribution in [0.1, 0.15) is 12.0 Å². The molecular weight excluding hydrogens is 453 g/mol. The molecule has 1 atom stereocenters. The van der Waals surface area contributed by atoms with Crippen LogP contribution in [0, 0.1) is 5.82 Å². The third-order valence-electron chi connectivity index (χ3n) is 5.09. The minimum Gasteiger partial charge on any atom is -0.496 e. The van der Waals surface area contributed by atoms with E-state index in [0.717, 1.165) is 22.0 Å². The second kappa shape index (κ2) is 11.2. The minimum absolute atomic E-state index is 0.0835. The molecule has 0 aliphatic carbocycles. The van der Waals surface area contributed by atoms with Crippen molar-refractivity contribution in [2.45, 2.75) is 24.0 Å². The molecule has 1 aliphatic rings. The molecule has 3 rings (SSSR count). The summed E-state index contributed by atoms with van der Waals surface area (Å²) >= 11 is 0. The minimum atomic E-state index is -3.97. The number of hydrogen-bond acceptors (Lipinski definition) is 6. The highest BCUT2D eigenvalue weighted by Gasteiger charge is 2.35. The van der Waals surface area contributed by atoms with E-state index in [1.165, 1.54) is 12.1 Å². The van der Waals surface area contributed by atoms with Gasteiger partial charge in [-0.3, -0.25) is 9.59 Å². The van der Waals surface area contributed by atoms with Gasteiger partial charge in [-0.05, 0) is 48.7 Å². The van der Waals surface area contributed by atoms with Gasteiger partial charge in [-0.25, -0.2) is 12.8 Å². The Kier molecular flexibility index (Phi) is 8.37. The van der Waals surface area contributed by atoms with Gasteiger partial charge in [0.15, 0.2) is 0 Å². The van der Waals surface area contributed by atoms with Crippen molar-refractivity contribution < 1.29 is 31.9 Å². The lowest BCUT2D eigenvalue weighted by molar-refractivity contribution is -0.140. The Morgan fingerprint density at radius 3 is 2.55 bits per heavy atom. The normalized spacial score (nSPS) is 16.7. The van der Waals surface area contributed by atoms with Gasteiger partial charge in [-0.2, -0.15) is 4.31 Å². The first kappa shape index (κ1) is 24.6. The second-order valence-electron chi connectivity index (χ2n) is 7.28. The molecule has 2 aromatic rings. The van der Waals surface area contributed by atoms with Crippen LogP contribution in [-0.2, 0) is 30.8 Å². The van der Waals surface area contributed by atoms with E-state index in [1.807, 2.05) is 18.2 Å². The quantitative estimate of drug-likeness (QED) is 0.547. The van der Waals surface area contributed by atoms with Gasteiger partial charge in [0.05, 0.1) is 25.2 Å². The molecular formula is C22H26FN3O6S. The molecule has 1 fully saturated rings. The van der Waals surface area contributed by atoms with Crippen LogP contribution < -0.4 is 15.4 Å². The molecule has 0 aromatic heterocycles. The molecule has 2 N–H and O–H groups in total. The SMILES string of the molecule is COc1ccccc1CCNC(=O)C(=O)NCC1OCCCN1S(=O)(=O)c1ccc(F)cc1. The summed E-state index contributed by atoms with van der Waals surface area (Å²) in [6.45, 7) is 0.489. The number of nitrogens with one attached hydrogen (secondary N) is 2. The number of ether oxygens (including phenoxy) is 2. The average molecular weight is 480 g/mol. The predicted molar refractivity (Wildman–Crippen MR) is 117 cm³/mol. The molecule has 33 heavy (non-hydrogen) atoms.